The molecular weight excluding hydrogens is 442 g/mol. The summed E-state index contributed by atoms with van der Waals surface area (Å²) in [5, 5.41) is 3.34. The second-order valence-electron chi connectivity index (χ2n) is 9.47. The molecule has 1 unspecified atom stereocenters. The maximum atomic E-state index is 13.4. The van der Waals surface area contributed by atoms with Crippen molar-refractivity contribution in [1.29, 1.82) is 0 Å². The van der Waals surface area contributed by atoms with Gasteiger partial charge in [-0.25, -0.2) is 4.99 Å². The number of benzene rings is 2. The number of amidine groups is 1. The summed E-state index contributed by atoms with van der Waals surface area (Å²) in [7, 11) is 0. The Kier molecular flexibility index (Phi) is 7.57. The zero-order chi connectivity index (χ0) is 24.2. The molecule has 0 radical (unpaired) electrons. The highest BCUT2D eigenvalue weighted by Crippen LogP contribution is 2.32. The van der Waals surface area contributed by atoms with Crippen molar-refractivity contribution in [2.75, 3.05) is 4.90 Å². The molecule has 1 aliphatic heterocycles. The molecule has 0 spiro atoms. The van der Waals surface area contributed by atoms with Gasteiger partial charge < -0.3 is 5.32 Å². The predicted octanol–water partition coefficient (Wildman–Crippen LogP) is 6.04. The molecule has 0 saturated heterocycles. The summed E-state index contributed by atoms with van der Waals surface area (Å²) in [6.07, 6.45) is 6.24. The number of nitrogens with one attached hydrogen (secondary N) is 1. The van der Waals surface area contributed by atoms with Crippen LogP contribution in [-0.4, -0.2) is 28.3 Å². The Labute approximate surface area is 206 Å². The fourth-order valence-corrected chi connectivity index (χ4v) is 5.17. The van der Waals surface area contributed by atoms with Crippen LogP contribution in [-0.2, 0) is 9.59 Å². The molecule has 2 aromatic carbocycles. The molecule has 5 nitrogen and oxygen atoms in total. The van der Waals surface area contributed by atoms with E-state index in [1.807, 2.05) is 56.3 Å². The number of amides is 2. The molecule has 34 heavy (non-hydrogen) atoms. The van der Waals surface area contributed by atoms with Crippen molar-refractivity contribution in [2.24, 2.45) is 4.99 Å². The van der Waals surface area contributed by atoms with Crippen molar-refractivity contribution in [3.8, 4) is 0 Å². The lowest BCUT2D eigenvalue weighted by Crippen LogP contribution is -2.39. The third-order valence-corrected chi connectivity index (χ3v) is 7.43. The van der Waals surface area contributed by atoms with Gasteiger partial charge in [-0.2, -0.15) is 0 Å². The normalized spacial score (nSPS) is 18.6. The number of carbonyl (C=O) groups excluding carboxylic acids is 2. The van der Waals surface area contributed by atoms with Crippen molar-refractivity contribution >= 4 is 40.5 Å². The van der Waals surface area contributed by atoms with E-state index >= 15 is 0 Å². The Morgan fingerprint density at radius 1 is 1.06 bits per heavy atom. The number of hydrogen-bond acceptors (Lipinski definition) is 4. The van der Waals surface area contributed by atoms with Gasteiger partial charge in [0.2, 0.25) is 5.91 Å². The maximum Gasteiger partial charge on any atom is 0.283 e. The van der Waals surface area contributed by atoms with E-state index in [4.69, 9.17) is 4.99 Å². The summed E-state index contributed by atoms with van der Waals surface area (Å²) in [6.45, 7) is 8.21. The molecule has 0 bridgehead atoms. The first-order valence-electron chi connectivity index (χ1n) is 12.1. The highest BCUT2D eigenvalue weighted by molar-refractivity contribution is 8.15. The third-order valence-electron chi connectivity index (χ3n) is 6.38. The van der Waals surface area contributed by atoms with Crippen molar-refractivity contribution in [3.63, 3.8) is 0 Å². The summed E-state index contributed by atoms with van der Waals surface area (Å²) in [5.74, 6) is 0.269. The van der Waals surface area contributed by atoms with Crippen LogP contribution in [0.4, 0.5) is 5.69 Å². The van der Waals surface area contributed by atoms with E-state index in [9.17, 15) is 9.59 Å². The zero-order valence-corrected chi connectivity index (χ0v) is 21.2. The predicted molar refractivity (Wildman–Crippen MR) is 142 cm³/mol. The Morgan fingerprint density at radius 3 is 2.32 bits per heavy atom. The van der Waals surface area contributed by atoms with Gasteiger partial charge in [-0.1, -0.05) is 80.4 Å². The van der Waals surface area contributed by atoms with Crippen LogP contribution in [0.25, 0.3) is 6.08 Å². The van der Waals surface area contributed by atoms with Crippen LogP contribution in [0.5, 0.6) is 0 Å². The Hall–Kier alpha value is -2.86. The molecule has 1 aliphatic carbocycles. The molecule has 2 aromatic rings. The number of aliphatic imine (C=N–C) groups is 1. The van der Waals surface area contributed by atoms with Crippen molar-refractivity contribution in [2.45, 2.75) is 70.6 Å². The molecular formula is C28H33N3O2S. The Morgan fingerprint density at radius 2 is 1.71 bits per heavy atom. The van der Waals surface area contributed by atoms with Crippen molar-refractivity contribution in [1.82, 2.24) is 5.32 Å². The van der Waals surface area contributed by atoms with Gasteiger partial charge in [-0.3, -0.25) is 14.5 Å². The zero-order valence-electron chi connectivity index (χ0n) is 20.4. The molecule has 4 rings (SSSR count). The Balaban J connectivity index is 1.59. The quantitative estimate of drug-likeness (QED) is 0.518. The minimum Gasteiger partial charge on any atom is -0.352 e. The van der Waals surface area contributed by atoms with Crippen molar-refractivity contribution in [3.05, 3.63) is 70.9 Å². The van der Waals surface area contributed by atoms with E-state index in [1.54, 1.807) is 4.90 Å². The minimum absolute atomic E-state index is 0.00221. The monoisotopic (exact) mass is 475 g/mol. The van der Waals surface area contributed by atoms with E-state index in [2.05, 4.69) is 31.3 Å². The van der Waals surface area contributed by atoms with Gasteiger partial charge in [0.25, 0.3) is 5.91 Å². The number of anilines is 1. The number of aryl methyl sites for hydroxylation is 1. The number of rotatable bonds is 6. The lowest BCUT2D eigenvalue weighted by molar-refractivity contribution is -0.121. The van der Waals surface area contributed by atoms with Gasteiger partial charge in [-0.05, 0) is 61.9 Å². The van der Waals surface area contributed by atoms with Crippen molar-refractivity contribution < 1.29 is 9.59 Å². The SMILES string of the molecule is Cc1ccc(N2C(=O)C(=Cc3ccc(C(C)C)cc3)N=C2SC(C)C(=O)NC2CCCC2)cc1. The topological polar surface area (TPSA) is 61.8 Å². The molecule has 1 fully saturated rings. The summed E-state index contributed by atoms with van der Waals surface area (Å²) >= 11 is 1.33. The highest BCUT2D eigenvalue weighted by atomic mass is 32.2. The van der Waals surface area contributed by atoms with Crippen LogP contribution in [0.2, 0.25) is 0 Å². The molecule has 1 saturated carbocycles. The smallest absolute Gasteiger partial charge is 0.283 e. The van der Waals surface area contributed by atoms with Crippen LogP contribution in [0.1, 0.15) is 69.1 Å². The first kappa shape index (κ1) is 24.3. The third kappa shape index (κ3) is 5.61. The van der Waals surface area contributed by atoms with Gasteiger partial charge in [0, 0.05) is 6.04 Å². The molecule has 2 amide bonds. The molecule has 1 N–H and O–H groups in total. The number of nitrogens with zero attached hydrogens (tertiary/aromatic N) is 2. The molecule has 178 valence electrons. The maximum absolute atomic E-state index is 13.4. The van der Waals surface area contributed by atoms with Crippen LogP contribution < -0.4 is 10.2 Å². The Bertz CT molecular complexity index is 1100. The van der Waals surface area contributed by atoms with Crippen LogP contribution in [0, 0.1) is 6.92 Å². The standard InChI is InChI=1S/C28H33N3O2S/c1-18(2)22-13-11-21(12-14-22)17-25-27(33)31(24-15-9-19(3)10-16-24)28(30-25)34-20(4)26(32)29-23-7-5-6-8-23/h9-18,20,23H,5-8H2,1-4H3,(H,29,32). The number of carbonyl (C=O) groups is 2. The van der Waals surface area contributed by atoms with Gasteiger partial charge >= 0.3 is 0 Å². The average molecular weight is 476 g/mol. The highest BCUT2D eigenvalue weighted by Gasteiger charge is 2.34. The second kappa shape index (κ2) is 10.6. The van der Waals surface area contributed by atoms with E-state index in [0.717, 1.165) is 29.7 Å². The fraction of sp³-hybridized carbons (Fsp3) is 0.393. The summed E-state index contributed by atoms with van der Waals surface area (Å²) in [6, 6.07) is 16.3. The lowest BCUT2D eigenvalue weighted by Gasteiger charge is -2.21. The minimum atomic E-state index is -0.357. The largest absolute Gasteiger partial charge is 0.352 e. The van der Waals surface area contributed by atoms with Gasteiger partial charge in [0.15, 0.2) is 5.17 Å². The lowest BCUT2D eigenvalue weighted by atomic mass is 10.0. The fourth-order valence-electron chi connectivity index (χ4n) is 4.23. The van der Waals surface area contributed by atoms with E-state index < -0.39 is 0 Å². The molecule has 6 heteroatoms. The van der Waals surface area contributed by atoms with E-state index in [-0.39, 0.29) is 23.1 Å². The molecule has 2 aliphatic rings. The van der Waals surface area contributed by atoms with Crippen LogP contribution >= 0.6 is 11.8 Å². The van der Waals surface area contributed by atoms with Gasteiger partial charge in [0.05, 0.1) is 10.9 Å². The summed E-state index contributed by atoms with van der Waals surface area (Å²) in [5.41, 5.74) is 4.43. The number of hydrogen-bond donors (Lipinski definition) is 1. The van der Waals surface area contributed by atoms with Gasteiger partial charge in [-0.15, -0.1) is 0 Å². The number of thioether (sulfide) groups is 1. The summed E-state index contributed by atoms with van der Waals surface area (Å²) in [4.78, 5) is 32.6. The van der Waals surface area contributed by atoms with Crippen LogP contribution in [0.15, 0.2) is 59.2 Å². The van der Waals surface area contributed by atoms with Gasteiger partial charge in [0.1, 0.15) is 5.70 Å². The van der Waals surface area contributed by atoms with E-state index in [1.165, 1.54) is 30.2 Å². The first-order valence-corrected chi connectivity index (χ1v) is 13.0. The average Bonchev–Trinajstić information content (AvgIpc) is 3.43. The summed E-state index contributed by atoms with van der Waals surface area (Å²) < 4.78 is 0. The molecule has 0 aromatic heterocycles. The molecule has 1 heterocycles. The first-order chi connectivity index (χ1) is 16.3. The molecule has 1 atom stereocenters. The second-order valence-corrected chi connectivity index (χ2v) is 10.8. The van der Waals surface area contributed by atoms with Crippen LogP contribution in [0.3, 0.4) is 0 Å². The van der Waals surface area contributed by atoms with E-state index in [0.29, 0.717) is 16.8 Å².